The van der Waals surface area contributed by atoms with Gasteiger partial charge in [0, 0.05) is 31.6 Å². The van der Waals surface area contributed by atoms with E-state index in [1.165, 1.54) is 6.07 Å². The number of nitrogens with zero attached hydrogens (tertiary/aromatic N) is 1. The molecule has 1 aromatic heterocycles. The van der Waals surface area contributed by atoms with Crippen LogP contribution in [0.4, 0.5) is 5.69 Å². The van der Waals surface area contributed by atoms with Crippen LogP contribution in [0.5, 0.6) is 0 Å². The average Bonchev–Trinajstić information content (AvgIpc) is 3.13. The predicted molar refractivity (Wildman–Crippen MR) is 90.4 cm³/mol. The fraction of sp³-hybridized carbons (Fsp3) is 0.353. The maximum Gasteiger partial charge on any atom is 0.264 e. The van der Waals surface area contributed by atoms with Crippen LogP contribution < -0.4 is 9.62 Å². The van der Waals surface area contributed by atoms with Gasteiger partial charge in [0.2, 0.25) is 5.91 Å². The summed E-state index contributed by atoms with van der Waals surface area (Å²) >= 11 is 0. The van der Waals surface area contributed by atoms with E-state index in [0.717, 1.165) is 17.0 Å². The molecule has 1 aromatic carbocycles. The van der Waals surface area contributed by atoms with Crippen LogP contribution in [-0.4, -0.2) is 28.4 Å². The molecule has 128 valence electrons. The van der Waals surface area contributed by atoms with Crippen molar-refractivity contribution in [2.75, 3.05) is 19.0 Å². The fourth-order valence-corrected chi connectivity index (χ4v) is 3.85. The molecule has 1 aliphatic rings. The summed E-state index contributed by atoms with van der Waals surface area (Å²) in [6.45, 7) is 1.91. The van der Waals surface area contributed by atoms with E-state index in [4.69, 9.17) is 4.42 Å². The van der Waals surface area contributed by atoms with Gasteiger partial charge in [-0.05, 0) is 43.2 Å². The van der Waals surface area contributed by atoms with E-state index >= 15 is 0 Å². The minimum Gasteiger partial charge on any atom is -0.469 e. The molecule has 0 saturated heterocycles. The van der Waals surface area contributed by atoms with Crippen molar-refractivity contribution in [3.05, 3.63) is 47.9 Å². The van der Waals surface area contributed by atoms with E-state index in [2.05, 4.69) is 4.72 Å². The maximum atomic E-state index is 12.5. The molecule has 1 amide bonds. The van der Waals surface area contributed by atoms with E-state index in [1.54, 1.807) is 30.5 Å². The van der Waals surface area contributed by atoms with Gasteiger partial charge >= 0.3 is 0 Å². The molecule has 1 saturated carbocycles. The lowest BCUT2D eigenvalue weighted by Gasteiger charge is -2.17. The normalized spacial score (nSPS) is 19.8. The van der Waals surface area contributed by atoms with Gasteiger partial charge in [0.15, 0.2) is 0 Å². The van der Waals surface area contributed by atoms with Crippen LogP contribution in [-0.2, 0) is 14.8 Å². The molecule has 2 aromatic rings. The molecule has 0 spiro atoms. The van der Waals surface area contributed by atoms with Crippen molar-refractivity contribution in [2.45, 2.75) is 24.2 Å². The van der Waals surface area contributed by atoms with E-state index < -0.39 is 15.9 Å². The number of sulfonamides is 1. The third-order valence-corrected chi connectivity index (χ3v) is 5.59. The van der Waals surface area contributed by atoms with Crippen LogP contribution >= 0.6 is 0 Å². The van der Waals surface area contributed by atoms with Gasteiger partial charge in [-0.25, -0.2) is 13.1 Å². The number of hydrogen-bond donors (Lipinski definition) is 1. The van der Waals surface area contributed by atoms with Gasteiger partial charge in [-0.1, -0.05) is 6.07 Å². The SMILES string of the molecule is Cc1ccc(S(=O)(=O)NC(=O)C2CC2c2ccco2)cc1N(C)C. The number of benzene rings is 1. The second kappa shape index (κ2) is 5.98. The van der Waals surface area contributed by atoms with E-state index in [0.29, 0.717) is 6.42 Å². The number of nitrogens with one attached hydrogen (secondary N) is 1. The number of furan rings is 1. The first-order valence-corrected chi connectivity index (χ1v) is 9.16. The number of carbonyl (C=O) groups is 1. The Balaban J connectivity index is 1.75. The Morgan fingerprint density at radius 1 is 1.29 bits per heavy atom. The molecular weight excluding hydrogens is 328 g/mol. The van der Waals surface area contributed by atoms with Crippen molar-refractivity contribution in [3.63, 3.8) is 0 Å². The first kappa shape index (κ1) is 16.6. The van der Waals surface area contributed by atoms with E-state index in [-0.39, 0.29) is 16.7 Å². The number of anilines is 1. The van der Waals surface area contributed by atoms with Crippen LogP contribution in [0.15, 0.2) is 45.9 Å². The maximum absolute atomic E-state index is 12.5. The average molecular weight is 348 g/mol. The number of amides is 1. The molecule has 2 unspecified atom stereocenters. The van der Waals surface area contributed by atoms with E-state index in [1.807, 2.05) is 25.9 Å². The molecule has 1 aliphatic carbocycles. The summed E-state index contributed by atoms with van der Waals surface area (Å²) in [5.41, 5.74) is 1.76. The Morgan fingerprint density at radius 3 is 2.67 bits per heavy atom. The monoisotopic (exact) mass is 348 g/mol. The predicted octanol–water partition coefficient (Wildman–Crippen LogP) is 2.26. The highest BCUT2D eigenvalue weighted by atomic mass is 32.2. The highest BCUT2D eigenvalue weighted by molar-refractivity contribution is 7.90. The molecule has 24 heavy (non-hydrogen) atoms. The summed E-state index contributed by atoms with van der Waals surface area (Å²) in [4.78, 5) is 14.2. The van der Waals surface area contributed by atoms with Crippen LogP contribution in [0.1, 0.15) is 23.7 Å². The highest BCUT2D eigenvalue weighted by Crippen LogP contribution is 2.47. The fourth-order valence-electron chi connectivity index (χ4n) is 2.81. The van der Waals surface area contributed by atoms with Crippen molar-refractivity contribution < 1.29 is 17.6 Å². The number of aryl methyl sites for hydroxylation is 1. The summed E-state index contributed by atoms with van der Waals surface area (Å²) in [6, 6.07) is 8.37. The standard InChI is InChI=1S/C17H20N2O4S/c1-11-6-7-12(9-15(11)19(2)3)24(21,22)18-17(20)14-10-13(14)16-5-4-8-23-16/h4-9,13-14H,10H2,1-3H3,(H,18,20). The van der Waals surface area contributed by atoms with Gasteiger partial charge in [0.25, 0.3) is 10.0 Å². The second-order valence-electron chi connectivity index (χ2n) is 6.28. The number of rotatable bonds is 5. The molecule has 0 radical (unpaired) electrons. The van der Waals surface area contributed by atoms with Gasteiger partial charge in [0.1, 0.15) is 5.76 Å². The van der Waals surface area contributed by atoms with Crippen molar-refractivity contribution in [1.82, 2.24) is 4.72 Å². The van der Waals surface area contributed by atoms with Crippen LogP contribution in [0.2, 0.25) is 0 Å². The lowest BCUT2D eigenvalue weighted by Crippen LogP contribution is -2.32. The van der Waals surface area contributed by atoms with Crippen molar-refractivity contribution >= 4 is 21.6 Å². The minimum atomic E-state index is -3.89. The summed E-state index contributed by atoms with van der Waals surface area (Å²) in [5, 5.41) is 0. The Bertz CT molecular complexity index is 857. The topological polar surface area (TPSA) is 79.6 Å². The molecule has 2 atom stereocenters. The molecule has 0 aliphatic heterocycles. The Kier molecular flexibility index (Phi) is 4.13. The molecule has 1 fully saturated rings. The highest BCUT2D eigenvalue weighted by Gasteiger charge is 2.46. The van der Waals surface area contributed by atoms with Gasteiger partial charge < -0.3 is 9.32 Å². The molecule has 1 heterocycles. The molecule has 7 heteroatoms. The number of carbonyl (C=O) groups excluding carboxylic acids is 1. The zero-order valence-electron chi connectivity index (χ0n) is 13.8. The van der Waals surface area contributed by atoms with Crippen LogP contribution in [0.25, 0.3) is 0 Å². The zero-order chi connectivity index (χ0) is 17.5. The van der Waals surface area contributed by atoms with Crippen LogP contribution in [0, 0.1) is 12.8 Å². The summed E-state index contributed by atoms with van der Waals surface area (Å²) in [7, 11) is -0.201. The van der Waals surface area contributed by atoms with Crippen LogP contribution in [0.3, 0.4) is 0 Å². The number of hydrogen-bond acceptors (Lipinski definition) is 5. The van der Waals surface area contributed by atoms with Crippen molar-refractivity contribution in [2.24, 2.45) is 5.92 Å². The quantitative estimate of drug-likeness (QED) is 0.896. The molecule has 6 nitrogen and oxygen atoms in total. The molecule has 0 bridgehead atoms. The largest absolute Gasteiger partial charge is 0.469 e. The summed E-state index contributed by atoms with van der Waals surface area (Å²) in [5.74, 6) is -0.156. The third-order valence-electron chi connectivity index (χ3n) is 4.24. The van der Waals surface area contributed by atoms with Gasteiger partial charge in [-0.2, -0.15) is 0 Å². The smallest absolute Gasteiger partial charge is 0.264 e. The lowest BCUT2D eigenvalue weighted by atomic mass is 10.2. The van der Waals surface area contributed by atoms with E-state index in [9.17, 15) is 13.2 Å². The second-order valence-corrected chi connectivity index (χ2v) is 7.96. The zero-order valence-corrected chi connectivity index (χ0v) is 14.6. The summed E-state index contributed by atoms with van der Waals surface area (Å²) in [6.07, 6.45) is 2.15. The Morgan fingerprint density at radius 2 is 2.04 bits per heavy atom. The third kappa shape index (κ3) is 3.17. The Labute approximate surface area is 141 Å². The first-order chi connectivity index (χ1) is 11.3. The lowest BCUT2D eigenvalue weighted by molar-refractivity contribution is -0.120. The summed E-state index contributed by atoms with van der Waals surface area (Å²) < 4.78 is 32.4. The first-order valence-electron chi connectivity index (χ1n) is 7.67. The van der Waals surface area contributed by atoms with Crippen molar-refractivity contribution in [3.8, 4) is 0 Å². The van der Waals surface area contributed by atoms with Gasteiger partial charge in [-0.15, -0.1) is 0 Å². The molecular formula is C17H20N2O4S. The molecule has 3 rings (SSSR count). The van der Waals surface area contributed by atoms with Gasteiger partial charge in [-0.3, -0.25) is 4.79 Å². The minimum absolute atomic E-state index is 0.0365. The van der Waals surface area contributed by atoms with Crippen molar-refractivity contribution in [1.29, 1.82) is 0 Å². The Hall–Kier alpha value is -2.28. The van der Waals surface area contributed by atoms with Gasteiger partial charge in [0.05, 0.1) is 11.2 Å². The molecule has 1 N–H and O–H groups in total.